The Kier molecular flexibility index (Phi) is 10.4. The minimum absolute atomic E-state index is 0.215. The van der Waals surface area contributed by atoms with Gasteiger partial charge in [0.1, 0.15) is 5.82 Å². The molecule has 0 amide bonds. The average molecular weight is 604 g/mol. The summed E-state index contributed by atoms with van der Waals surface area (Å²) in [5, 5.41) is 0. The number of hydrogen-bond donors (Lipinski definition) is 0. The van der Waals surface area contributed by atoms with E-state index in [1.807, 2.05) is 46.8 Å². The Morgan fingerprint density at radius 3 is 2.20 bits per heavy atom. The van der Waals surface area contributed by atoms with Gasteiger partial charge in [-0.25, -0.2) is 9.18 Å². The summed E-state index contributed by atoms with van der Waals surface area (Å²) in [5.74, 6) is -0.605. The van der Waals surface area contributed by atoms with E-state index in [1.165, 1.54) is 12.1 Å². The monoisotopic (exact) mass is 603 g/mol. The molecule has 1 aliphatic rings. The molecule has 3 aromatic rings. The topological polar surface area (TPSA) is 54.9 Å². The van der Waals surface area contributed by atoms with Crippen molar-refractivity contribution in [3.8, 4) is 11.1 Å². The molecule has 2 aromatic carbocycles. The highest BCUT2D eigenvalue weighted by atomic mass is 19.1. The zero-order valence-corrected chi connectivity index (χ0v) is 28.1. The third-order valence-electron chi connectivity index (χ3n) is 8.49. The predicted octanol–water partition coefficient (Wildman–Crippen LogP) is 8.23. The molecule has 0 bridgehead atoms. The maximum Gasteiger partial charge on any atom is 0.340 e. The van der Waals surface area contributed by atoms with Crippen LogP contribution in [0.1, 0.15) is 83.0 Å². The van der Waals surface area contributed by atoms with Crippen molar-refractivity contribution in [3.05, 3.63) is 76.9 Å². The second-order valence-electron chi connectivity index (χ2n) is 13.8. The number of nitrogens with zero attached hydrogens (tertiary/aromatic N) is 3. The molecular formula is C37H50FN3O3. The molecule has 0 aliphatic carbocycles. The zero-order valence-electron chi connectivity index (χ0n) is 28.1. The molecule has 1 atom stereocenters. The van der Waals surface area contributed by atoms with E-state index in [0.717, 1.165) is 83.9 Å². The number of likely N-dealkylation sites (N-methyl/N-ethyl adjacent to an activating group) is 1. The lowest BCUT2D eigenvalue weighted by Gasteiger charge is -2.41. The summed E-state index contributed by atoms with van der Waals surface area (Å²) in [6, 6.07) is 15.3. The highest BCUT2D eigenvalue weighted by molar-refractivity contribution is 5.88. The van der Waals surface area contributed by atoms with Gasteiger partial charge in [-0.1, -0.05) is 38.1 Å². The van der Waals surface area contributed by atoms with E-state index in [2.05, 4.69) is 61.9 Å². The second kappa shape index (κ2) is 13.7. The minimum atomic E-state index is -0.899. The number of carbonyl (C=O) groups is 1. The van der Waals surface area contributed by atoms with Gasteiger partial charge in [0.15, 0.2) is 6.10 Å². The SMILES string of the molecule is CCOC(=O)[C@@H](OC(C)(C)C)c1c(C)nc(C)c(-c2ccc(N(C)CCc3ccc(F)cc3)cc2)c1N1CCC(C)(C)CC1. The quantitative estimate of drug-likeness (QED) is 0.218. The van der Waals surface area contributed by atoms with Crippen LogP contribution in [0.2, 0.25) is 0 Å². The number of rotatable bonds is 10. The lowest BCUT2D eigenvalue weighted by atomic mass is 9.81. The lowest BCUT2D eigenvalue weighted by molar-refractivity contribution is -0.166. The van der Waals surface area contributed by atoms with Crippen molar-refractivity contribution in [1.29, 1.82) is 0 Å². The molecule has 1 fully saturated rings. The first-order valence-corrected chi connectivity index (χ1v) is 15.9. The molecule has 1 aliphatic heterocycles. The number of piperidine rings is 1. The van der Waals surface area contributed by atoms with Gasteiger partial charge in [-0.05, 0) is 102 Å². The van der Waals surface area contributed by atoms with Crippen molar-refractivity contribution in [2.24, 2.45) is 5.41 Å². The summed E-state index contributed by atoms with van der Waals surface area (Å²) in [7, 11) is 2.07. The Morgan fingerprint density at radius 1 is 1.02 bits per heavy atom. The number of carbonyl (C=O) groups excluding carboxylic acids is 1. The number of aryl methyl sites for hydroxylation is 2. The number of anilines is 2. The van der Waals surface area contributed by atoms with Gasteiger partial charge in [0.05, 0.1) is 17.9 Å². The van der Waals surface area contributed by atoms with Gasteiger partial charge < -0.3 is 19.3 Å². The predicted molar refractivity (Wildman–Crippen MR) is 178 cm³/mol. The first-order chi connectivity index (χ1) is 20.7. The van der Waals surface area contributed by atoms with Gasteiger partial charge in [-0.3, -0.25) is 4.98 Å². The average Bonchev–Trinajstić information content (AvgIpc) is 2.95. The zero-order chi connectivity index (χ0) is 32.2. The van der Waals surface area contributed by atoms with Crippen LogP contribution in [0.5, 0.6) is 0 Å². The fourth-order valence-electron chi connectivity index (χ4n) is 5.92. The highest BCUT2D eigenvalue weighted by Crippen LogP contribution is 2.45. The number of halogens is 1. The van der Waals surface area contributed by atoms with Gasteiger partial charge in [-0.2, -0.15) is 0 Å². The summed E-state index contributed by atoms with van der Waals surface area (Å²) in [5.41, 5.74) is 7.47. The summed E-state index contributed by atoms with van der Waals surface area (Å²) in [4.78, 5) is 23.2. The number of esters is 1. The number of aromatic nitrogens is 1. The first kappa shape index (κ1) is 33.4. The van der Waals surface area contributed by atoms with Gasteiger partial charge in [0, 0.05) is 54.9 Å². The van der Waals surface area contributed by atoms with Crippen LogP contribution in [0.3, 0.4) is 0 Å². The standard InChI is InChI=1S/C37H50FN3O3/c1-10-43-35(42)34(44-36(4,5)6)32-26(3)39-25(2)31(33(32)41-23-20-37(7,8)21-24-41)28-13-17-30(18-14-28)40(9)22-19-27-11-15-29(38)16-12-27/h11-18,34H,10,19-24H2,1-9H3/t34-/m0/s1. The van der Waals surface area contributed by atoms with Crippen molar-refractivity contribution in [1.82, 2.24) is 4.98 Å². The minimum Gasteiger partial charge on any atom is -0.464 e. The molecule has 4 rings (SSSR count). The van der Waals surface area contributed by atoms with Gasteiger partial charge in [0.25, 0.3) is 0 Å². The Labute approximate surface area is 263 Å². The van der Waals surface area contributed by atoms with Gasteiger partial charge in [-0.15, -0.1) is 0 Å². The highest BCUT2D eigenvalue weighted by Gasteiger charge is 2.37. The smallest absolute Gasteiger partial charge is 0.340 e. The summed E-state index contributed by atoms with van der Waals surface area (Å²) >= 11 is 0. The largest absolute Gasteiger partial charge is 0.464 e. The molecule has 0 N–H and O–H groups in total. The van der Waals surface area contributed by atoms with Crippen molar-refractivity contribution in [2.45, 2.75) is 86.4 Å². The van der Waals surface area contributed by atoms with E-state index in [-0.39, 0.29) is 23.8 Å². The Morgan fingerprint density at radius 2 is 1.64 bits per heavy atom. The van der Waals surface area contributed by atoms with Crippen LogP contribution in [0.25, 0.3) is 11.1 Å². The van der Waals surface area contributed by atoms with Crippen LogP contribution in [0.15, 0.2) is 48.5 Å². The summed E-state index contributed by atoms with van der Waals surface area (Å²) < 4.78 is 25.4. The van der Waals surface area contributed by atoms with Crippen molar-refractivity contribution >= 4 is 17.3 Å². The van der Waals surface area contributed by atoms with E-state index in [1.54, 1.807) is 0 Å². The van der Waals surface area contributed by atoms with Crippen LogP contribution >= 0.6 is 0 Å². The number of ether oxygens (including phenoxy) is 2. The summed E-state index contributed by atoms with van der Waals surface area (Å²) in [6.07, 6.45) is 2.02. The summed E-state index contributed by atoms with van der Waals surface area (Å²) in [6.45, 7) is 19.2. The van der Waals surface area contributed by atoms with Gasteiger partial charge >= 0.3 is 5.97 Å². The Bertz CT molecular complexity index is 1420. The molecule has 0 radical (unpaired) electrons. The van der Waals surface area contributed by atoms with E-state index < -0.39 is 11.7 Å². The number of hydrogen-bond acceptors (Lipinski definition) is 6. The Hall–Kier alpha value is -3.45. The van der Waals surface area contributed by atoms with Crippen molar-refractivity contribution in [2.75, 3.05) is 43.1 Å². The van der Waals surface area contributed by atoms with Crippen molar-refractivity contribution in [3.63, 3.8) is 0 Å². The van der Waals surface area contributed by atoms with E-state index in [0.29, 0.717) is 0 Å². The molecule has 44 heavy (non-hydrogen) atoms. The lowest BCUT2D eigenvalue weighted by Crippen LogP contribution is -2.39. The normalized spacial score (nSPS) is 15.6. The molecule has 7 heteroatoms. The molecule has 1 aromatic heterocycles. The van der Waals surface area contributed by atoms with Crippen LogP contribution < -0.4 is 9.80 Å². The molecule has 0 saturated carbocycles. The third kappa shape index (κ3) is 8.17. The molecule has 0 unspecified atom stereocenters. The molecule has 238 valence electrons. The Balaban J connectivity index is 1.77. The number of benzene rings is 2. The number of pyridine rings is 1. The van der Waals surface area contributed by atoms with Crippen LogP contribution in [-0.4, -0.2) is 49.8 Å². The molecule has 0 spiro atoms. The molecular weight excluding hydrogens is 553 g/mol. The third-order valence-corrected chi connectivity index (χ3v) is 8.49. The van der Waals surface area contributed by atoms with E-state index in [4.69, 9.17) is 14.5 Å². The van der Waals surface area contributed by atoms with Gasteiger partial charge in [0.2, 0.25) is 0 Å². The second-order valence-corrected chi connectivity index (χ2v) is 13.8. The maximum absolute atomic E-state index is 13.5. The maximum atomic E-state index is 13.5. The first-order valence-electron chi connectivity index (χ1n) is 15.9. The van der Waals surface area contributed by atoms with Crippen LogP contribution in [-0.2, 0) is 20.7 Å². The van der Waals surface area contributed by atoms with Crippen LogP contribution in [0.4, 0.5) is 15.8 Å². The van der Waals surface area contributed by atoms with Crippen LogP contribution in [0, 0.1) is 25.1 Å². The van der Waals surface area contributed by atoms with E-state index in [9.17, 15) is 9.18 Å². The van der Waals surface area contributed by atoms with E-state index >= 15 is 0 Å². The fraction of sp³-hybridized carbons (Fsp3) is 0.514. The van der Waals surface area contributed by atoms with Crippen molar-refractivity contribution < 1.29 is 18.7 Å². The molecule has 6 nitrogen and oxygen atoms in total. The molecule has 2 heterocycles. The fourth-order valence-corrected chi connectivity index (χ4v) is 5.92. The molecule has 1 saturated heterocycles.